The Labute approximate surface area is 113 Å². The molecule has 0 unspecified atom stereocenters. The number of amides is 1. The van der Waals surface area contributed by atoms with E-state index in [1.165, 1.54) is 0 Å². The number of nitrogens with one attached hydrogen (secondary N) is 2. The fraction of sp³-hybridized carbons (Fsp3) is 0.692. The maximum Gasteiger partial charge on any atom is 0.221 e. The van der Waals surface area contributed by atoms with Gasteiger partial charge in [0.2, 0.25) is 5.91 Å². The molecule has 0 radical (unpaired) electrons. The number of nitrogen functional groups attached to an aromatic ring is 1. The molecular formula is C13H23N5O. The quantitative estimate of drug-likeness (QED) is 0.726. The second-order valence-corrected chi connectivity index (χ2v) is 5.40. The van der Waals surface area contributed by atoms with Gasteiger partial charge < -0.3 is 16.4 Å². The van der Waals surface area contributed by atoms with Crippen LogP contribution in [-0.4, -0.2) is 28.3 Å². The lowest BCUT2D eigenvalue weighted by Crippen LogP contribution is -2.27. The zero-order valence-corrected chi connectivity index (χ0v) is 11.9. The molecule has 19 heavy (non-hydrogen) atoms. The molecule has 1 aliphatic rings. The van der Waals surface area contributed by atoms with Crippen molar-refractivity contribution in [2.45, 2.75) is 52.1 Å². The first-order chi connectivity index (χ1) is 8.99. The predicted octanol–water partition coefficient (Wildman–Crippen LogP) is 1.44. The molecule has 1 fully saturated rings. The molecule has 1 aromatic heterocycles. The summed E-state index contributed by atoms with van der Waals surface area (Å²) in [5, 5.41) is 10.6. The Morgan fingerprint density at radius 2 is 2.21 bits per heavy atom. The fourth-order valence-corrected chi connectivity index (χ4v) is 1.93. The number of hydrogen-bond donors (Lipinski definition) is 3. The van der Waals surface area contributed by atoms with Crippen molar-refractivity contribution in [3.63, 3.8) is 0 Å². The minimum atomic E-state index is 0.0981. The maximum absolute atomic E-state index is 11.6. The van der Waals surface area contributed by atoms with Gasteiger partial charge in [-0.15, -0.1) is 0 Å². The molecule has 1 aromatic rings. The van der Waals surface area contributed by atoms with Crippen molar-refractivity contribution >= 4 is 17.4 Å². The predicted molar refractivity (Wildman–Crippen MR) is 76.0 cm³/mol. The van der Waals surface area contributed by atoms with E-state index >= 15 is 0 Å². The first-order valence-electron chi connectivity index (χ1n) is 6.87. The van der Waals surface area contributed by atoms with E-state index in [2.05, 4.69) is 29.6 Å². The molecule has 6 heteroatoms. The van der Waals surface area contributed by atoms with Gasteiger partial charge in [0.05, 0.1) is 11.4 Å². The third kappa shape index (κ3) is 3.39. The highest BCUT2D eigenvalue weighted by atomic mass is 16.1. The average molecular weight is 265 g/mol. The maximum atomic E-state index is 11.6. The molecular weight excluding hydrogens is 242 g/mol. The number of nitrogens with zero attached hydrogens (tertiary/aromatic N) is 2. The smallest absolute Gasteiger partial charge is 0.221 e. The molecule has 0 aromatic carbocycles. The SMILES string of the molecule is Cc1nn(C(C)C)c(NCCC(=O)NC2CC2)c1N. The largest absolute Gasteiger partial charge is 0.394 e. The van der Waals surface area contributed by atoms with Crippen LogP contribution in [0, 0.1) is 6.92 Å². The molecule has 1 aliphatic carbocycles. The first-order valence-corrected chi connectivity index (χ1v) is 6.87. The molecule has 6 nitrogen and oxygen atoms in total. The van der Waals surface area contributed by atoms with Gasteiger partial charge in [-0.3, -0.25) is 4.79 Å². The number of aryl methyl sites for hydroxylation is 1. The monoisotopic (exact) mass is 265 g/mol. The van der Waals surface area contributed by atoms with Crippen molar-refractivity contribution in [2.75, 3.05) is 17.6 Å². The van der Waals surface area contributed by atoms with E-state index in [9.17, 15) is 4.79 Å². The summed E-state index contributed by atoms with van der Waals surface area (Å²) in [4.78, 5) is 11.6. The van der Waals surface area contributed by atoms with Crippen LogP contribution in [0.2, 0.25) is 0 Å². The van der Waals surface area contributed by atoms with E-state index < -0.39 is 0 Å². The normalized spacial score (nSPS) is 14.7. The van der Waals surface area contributed by atoms with Gasteiger partial charge in [-0.05, 0) is 33.6 Å². The Morgan fingerprint density at radius 3 is 2.79 bits per heavy atom. The lowest BCUT2D eigenvalue weighted by Gasteiger charge is -2.13. The van der Waals surface area contributed by atoms with Gasteiger partial charge in [0, 0.05) is 25.0 Å². The van der Waals surface area contributed by atoms with Crippen LogP contribution >= 0.6 is 0 Å². The van der Waals surface area contributed by atoms with Crippen molar-refractivity contribution in [2.24, 2.45) is 0 Å². The summed E-state index contributed by atoms with van der Waals surface area (Å²) < 4.78 is 1.86. The van der Waals surface area contributed by atoms with Crippen molar-refractivity contribution in [1.29, 1.82) is 0 Å². The van der Waals surface area contributed by atoms with E-state index in [0.717, 1.165) is 24.4 Å². The molecule has 2 rings (SSSR count). The number of carbonyl (C=O) groups is 1. The molecule has 1 amide bonds. The number of nitrogens with two attached hydrogens (primary N) is 1. The lowest BCUT2D eigenvalue weighted by atomic mass is 10.3. The van der Waals surface area contributed by atoms with Crippen molar-refractivity contribution in [3.05, 3.63) is 5.69 Å². The number of carbonyl (C=O) groups excluding carboxylic acids is 1. The van der Waals surface area contributed by atoms with Crippen LogP contribution in [0.15, 0.2) is 0 Å². The molecule has 0 bridgehead atoms. The van der Waals surface area contributed by atoms with Crippen LogP contribution < -0.4 is 16.4 Å². The highest BCUT2D eigenvalue weighted by molar-refractivity contribution is 5.77. The number of hydrogen-bond acceptors (Lipinski definition) is 4. The number of rotatable bonds is 6. The molecule has 0 aliphatic heterocycles. The van der Waals surface area contributed by atoms with Crippen molar-refractivity contribution in [3.8, 4) is 0 Å². The molecule has 1 heterocycles. The zero-order valence-electron chi connectivity index (χ0n) is 11.9. The van der Waals surface area contributed by atoms with E-state index in [-0.39, 0.29) is 11.9 Å². The Hall–Kier alpha value is -1.72. The third-order valence-electron chi connectivity index (χ3n) is 3.21. The highest BCUT2D eigenvalue weighted by Gasteiger charge is 2.23. The fourth-order valence-electron chi connectivity index (χ4n) is 1.93. The first kappa shape index (κ1) is 13.7. The zero-order chi connectivity index (χ0) is 14.0. The van der Waals surface area contributed by atoms with Crippen LogP contribution in [0.3, 0.4) is 0 Å². The van der Waals surface area contributed by atoms with Crippen LogP contribution in [0.5, 0.6) is 0 Å². The topological polar surface area (TPSA) is 85.0 Å². The van der Waals surface area contributed by atoms with Gasteiger partial charge in [0.25, 0.3) is 0 Å². The van der Waals surface area contributed by atoms with Gasteiger partial charge in [-0.2, -0.15) is 5.10 Å². The Bertz CT molecular complexity index is 462. The van der Waals surface area contributed by atoms with E-state index in [1.54, 1.807) is 0 Å². The standard InChI is InChI=1S/C13H23N5O/c1-8(2)18-13(12(14)9(3)17-18)15-7-6-11(19)16-10-4-5-10/h8,10,15H,4-7,14H2,1-3H3,(H,16,19). The summed E-state index contributed by atoms with van der Waals surface area (Å²) in [5.41, 5.74) is 7.48. The van der Waals surface area contributed by atoms with Crippen molar-refractivity contribution in [1.82, 2.24) is 15.1 Å². The van der Waals surface area contributed by atoms with Crippen LogP contribution in [0.25, 0.3) is 0 Å². The minimum absolute atomic E-state index is 0.0981. The van der Waals surface area contributed by atoms with E-state index in [0.29, 0.717) is 24.7 Å². The van der Waals surface area contributed by atoms with E-state index in [1.807, 2.05) is 11.6 Å². The van der Waals surface area contributed by atoms with Gasteiger partial charge in [0.15, 0.2) is 0 Å². The van der Waals surface area contributed by atoms with E-state index in [4.69, 9.17) is 5.73 Å². The molecule has 0 atom stereocenters. The lowest BCUT2D eigenvalue weighted by molar-refractivity contribution is -0.120. The molecule has 1 saturated carbocycles. The third-order valence-corrected chi connectivity index (χ3v) is 3.21. The summed E-state index contributed by atoms with van der Waals surface area (Å²) in [5.74, 6) is 0.910. The number of anilines is 2. The molecule has 106 valence electrons. The minimum Gasteiger partial charge on any atom is -0.394 e. The summed E-state index contributed by atoms with van der Waals surface area (Å²) in [6, 6.07) is 0.653. The van der Waals surface area contributed by atoms with Gasteiger partial charge in [-0.25, -0.2) is 4.68 Å². The molecule has 0 saturated heterocycles. The second kappa shape index (κ2) is 5.50. The molecule has 4 N–H and O–H groups in total. The Kier molecular flexibility index (Phi) is 3.97. The van der Waals surface area contributed by atoms with Gasteiger partial charge >= 0.3 is 0 Å². The van der Waals surface area contributed by atoms with Crippen LogP contribution in [0.1, 0.15) is 44.8 Å². The summed E-state index contributed by atoms with van der Waals surface area (Å²) in [6.07, 6.45) is 2.69. The average Bonchev–Trinajstić information content (AvgIpc) is 3.10. The van der Waals surface area contributed by atoms with Crippen LogP contribution in [0.4, 0.5) is 11.5 Å². The van der Waals surface area contributed by atoms with Crippen molar-refractivity contribution < 1.29 is 4.79 Å². The van der Waals surface area contributed by atoms with Crippen LogP contribution in [-0.2, 0) is 4.79 Å². The second-order valence-electron chi connectivity index (χ2n) is 5.40. The number of aromatic nitrogens is 2. The Balaban J connectivity index is 1.89. The highest BCUT2D eigenvalue weighted by Crippen LogP contribution is 2.25. The summed E-state index contributed by atoms with van der Waals surface area (Å²) in [6.45, 7) is 6.56. The Morgan fingerprint density at radius 1 is 1.53 bits per heavy atom. The summed E-state index contributed by atoms with van der Waals surface area (Å²) >= 11 is 0. The van der Waals surface area contributed by atoms with Gasteiger partial charge in [-0.1, -0.05) is 0 Å². The van der Waals surface area contributed by atoms with Gasteiger partial charge in [0.1, 0.15) is 5.82 Å². The summed E-state index contributed by atoms with van der Waals surface area (Å²) in [7, 11) is 0. The molecule has 0 spiro atoms.